The van der Waals surface area contributed by atoms with Gasteiger partial charge in [0, 0.05) is 15.6 Å². The topological polar surface area (TPSA) is 54.3 Å². The second-order valence-electron chi connectivity index (χ2n) is 6.44. The van der Waals surface area contributed by atoms with Crippen molar-refractivity contribution in [3.8, 4) is 11.3 Å². The van der Waals surface area contributed by atoms with Gasteiger partial charge in [-0.1, -0.05) is 64.5 Å². The Morgan fingerprint density at radius 3 is 2.52 bits per heavy atom. The minimum absolute atomic E-state index is 0.241. The van der Waals surface area contributed by atoms with Crippen molar-refractivity contribution in [1.29, 1.82) is 0 Å². The second-order valence-corrected chi connectivity index (χ2v) is 7.76. The molecule has 29 heavy (non-hydrogen) atoms. The van der Waals surface area contributed by atoms with Crippen molar-refractivity contribution in [1.82, 2.24) is 10.6 Å². The number of carbonyl (C=O) groups excluding carboxylic acids is 1. The van der Waals surface area contributed by atoms with Crippen LogP contribution in [0, 0.1) is 0 Å². The Morgan fingerprint density at radius 1 is 0.931 bits per heavy atom. The summed E-state index contributed by atoms with van der Waals surface area (Å²) in [5.41, 5.74) is 1.58. The lowest BCUT2D eigenvalue weighted by Gasteiger charge is -2.10. The van der Waals surface area contributed by atoms with Gasteiger partial charge in [0.2, 0.25) is 0 Å². The van der Waals surface area contributed by atoms with E-state index in [9.17, 15) is 4.79 Å². The summed E-state index contributed by atoms with van der Waals surface area (Å²) in [7, 11) is 0. The van der Waals surface area contributed by atoms with Crippen molar-refractivity contribution < 1.29 is 9.21 Å². The molecule has 4 nitrogen and oxygen atoms in total. The molecule has 0 fully saturated rings. The fraction of sp³-hybridized carbons (Fsp3) is 0.0435. The standard InChI is InChI=1S/C23H17BrN2O2S/c24-17-10-8-16(9-11-17)21-13-12-18(28-21)14-25-23(29)26-22(27)20-7-3-5-15-4-1-2-6-19(15)20/h1-13H,14H2,(H2,25,26,27,29). The maximum Gasteiger partial charge on any atom is 0.258 e. The van der Waals surface area contributed by atoms with Gasteiger partial charge in [-0.3, -0.25) is 10.1 Å². The maximum absolute atomic E-state index is 12.6. The first-order chi connectivity index (χ1) is 14.1. The summed E-state index contributed by atoms with van der Waals surface area (Å²) < 4.78 is 6.87. The fourth-order valence-electron chi connectivity index (χ4n) is 3.05. The van der Waals surface area contributed by atoms with Crippen LogP contribution in [0.3, 0.4) is 0 Å². The van der Waals surface area contributed by atoms with Gasteiger partial charge in [0.15, 0.2) is 5.11 Å². The molecule has 3 aromatic carbocycles. The highest BCUT2D eigenvalue weighted by Crippen LogP contribution is 2.24. The highest BCUT2D eigenvalue weighted by Gasteiger charge is 2.12. The molecule has 144 valence electrons. The number of hydrogen-bond acceptors (Lipinski definition) is 3. The number of carbonyl (C=O) groups is 1. The molecule has 1 heterocycles. The van der Waals surface area contributed by atoms with Gasteiger partial charge >= 0.3 is 0 Å². The molecule has 0 saturated carbocycles. The predicted octanol–water partition coefficient (Wildman–Crippen LogP) is 5.67. The average Bonchev–Trinajstić information content (AvgIpc) is 3.21. The minimum atomic E-state index is -0.241. The van der Waals surface area contributed by atoms with Crippen molar-refractivity contribution in [3.63, 3.8) is 0 Å². The van der Waals surface area contributed by atoms with E-state index in [1.54, 1.807) is 6.07 Å². The largest absolute Gasteiger partial charge is 0.459 e. The third-order valence-electron chi connectivity index (χ3n) is 4.47. The smallest absolute Gasteiger partial charge is 0.258 e. The first-order valence-electron chi connectivity index (χ1n) is 9.02. The zero-order valence-corrected chi connectivity index (χ0v) is 17.7. The number of nitrogens with one attached hydrogen (secondary N) is 2. The number of thiocarbonyl (C=S) groups is 1. The number of furan rings is 1. The summed E-state index contributed by atoms with van der Waals surface area (Å²) in [6.45, 7) is 0.380. The number of benzene rings is 3. The Kier molecular flexibility index (Phi) is 5.74. The van der Waals surface area contributed by atoms with E-state index >= 15 is 0 Å². The molecule has 4 aromatic rings. The summed E-state index contributed by atoms with van der Waals surface area (Å²) in [4.78, 5) is 12.6. The van der Waals surface area contributed by atoms with E-state index in [1.165, 1.54) is 0 Å². The van der Waals surface area contributed by atoms with Crippen LogP contribution in [-0.2, 0) is 6.54 Å². The first-order valence-corrected chi connectivity index (χ1v) is 10.2. The van der Waals surface area contributed by atoms with Crippen LogP contribution in [0.25, 0.3) is 22.1 Å². The Labute approximate surface area is 182 Å². The van der Waals surface area contributed by atoms with Crippen LogP contribution in [0.1, 0.15) is 16.1 Å². The zero-order valence-electron chi connectivity index (χ0n) is 15.3. The van der Waals surface area contributed by atoms with Gasteiger partial charge in [-0.2, -0.15) is 0 Å². The summed E-state index contributed by atoms with van der Waals surface area (Å²) in [6, 6.07) is 25.1. The van der Waals surface area contributed by atoms with Crippen LogP contribution in [0.2, 0.25) is 0 Å². The van der Waals surface area contributed by atoms with Crippen molar-refractivity contribution in [3.05, 3.63) is 94.7 Å². The number of hydrogen-bond donors (Lipinski definition) is 2. The van der Waals surface area contributed by atoms with E-state index in [0.29, 0.717) is 12.1 Å². The number of halogens is 1. The number of fused-ring (bicyclic) bond motifs is 1. The summed E-state index contributed by atoms with van der Waals surface area (Å²) in [5, 5.41) is 7.91. The number of amides is 1. The molecular formula is C23H17BrN2O2S. The van der Waals surface area contributed by atoms with Gasteiger partial charge in [0.05, 0.1) is 6.54 Å². The van der Waals surface area contributed by atoms with E-state index in [2.05, 4.69) is 26.6 Å². The minimum Gasteiger partial charge on any atom is -0.459 e. The van der Waals surface area contributed by atoms with Crippen LogP contribution in [0.15, 0.2) is 87.8 Å². The molecule has 0 bridgehead atoms. The van der Waals surface area contributed by atoms with E-state index in [4.69, 9.17) is 16.6 Å². The molecule has 0 saturated heterocycles. The fourth-order valence-corrected chi connectivity index (χ4v) is 3.48. The molecule has 0 aliphatic rings. The lowest BCUT2D eigenvalue weighted by atomic mass is 10.0. The molecular weight excluding hydrogens is 448 g/mol. The van der Waals surface area contributed by atoms with Crippen molar-refractivity contribution >= 4 is 49.9 Å². The first kappa shape index (κ1) is 19.4. The summed E-state index contributed by atoms with van der Waals surface area (Å²) in [6.07, 6.45) is 0. The van der Waals surface area contributed by atoms with Gasteiger partial charge in [0.25, 0.3) is 5.91 Å². The average molecular weight is 465 g/mol. The Morgan fingerprint density at radius 2 is 1.69 bits per heavy atom. The van der Waals surface area contributed by atoms with E-state index in [1.807, 2.05) is 72.8 Å². The lowest BCUT2D eigenvalue weighted by molar-refractivity contribution is 0.0978. The van der Waals surface area contributed by atoms with Crippen LogP contribution in [-0.4, -0.2) is 11.0 Å². The molecule has 4 rings (SSSR count). The Bertz CT molecular complexity index is 1180. The normalized spacial score (nSPS) is 10.7. The van der Waals surface area contributed by atoms with Crippen molar-refractivity contribution in [2.45, 2.75) is 6.54 Å². The molecule has 0 unspecified atom stereocenters. The SMILES string of the molecule is O=C(NC(=S)NCc1ccc(-c2ccc(Br)cc2)o1)c1cccc2ccccc12. The molecule has 6 heteroatoms. The van der Waals surface area contributed by atoms with Gasteiger partial charge in [-0.25, -0.2) is 0 Å². The van der Waals surface area contributed by atoms with Gasteiger partial charge in [-0.15, -0.1) is 0 Å². The molecule has 0 atom stereocenters. The van der Waals surface area contributed by atoms with E-state index < -0.39 is 0 Å². The van der Waals surface area contributed by atoms with Crippen molar-refractivity contribution in [2.75, 3.05) is 0 Å². The predicted molar refractivity (Wildman–Crippen MR) is 123 cm³/mol. The zero-order chi connectivity index (χ0) is 20.2. The highest BCUT2D eigenvalue weighted by molar-refractivity contribution is 9.10. The Hall–Kier alpha value is -2.96. The molecule has 0 aliphatic carbocycles. The quantitative estimate of drug-likeness (QED) is 0.382. The molecule has 2 N–H and O–H groups in total. The van der Waals surface area contributed by atoms with Crippen LogP contribution < -0.4 is 10.6 Å². The summed E-state index contributed by atoms with van der Waals surface area (Å²) >= 11 is 8.70. The molecule has 0 radical (unpaired) electrons. The molecule has 1 aromatic heterocycles. The highest BCUT2D eigenvalue weighted by atomic mass is 79.9. The number of rotatable bonds is 4. The van der Waals surface area contributed by atoms with Crippen LogP contribution in [0.4, 0.5) is 0 Å². The third kappa shape index (κ3) is 4.55. The third-order valence-corrected chi connectivity index (χ3v) is 5.25. The van der Waals surface area contributed by atoms with Gasteiger partial charge < -0.3 is 9.73 Å². The lowest BCUT2D eigenvalue weighted by Crippen LogP contribution is -2.38. The van der Waals surface area contributed by atoms with Crippen molar-refractivity contribution in [2.24, 2.45) is 0 Å². The summed E-state index contributed by atoms with van der Waals surface area (Å²) in [5.74, 6) is 1.26. The molecule has 0 spiro atoms. The Balaban J connectivity index is 1.38. The van der Waals surface area contributed by atoms with E-state index in [-0.39, 0.29) is 11.0 Å². The monoisotopic (exact) mass is 464 g/mol. The second kappa shape index (κ2) is 8.59. The van der Waals surface area contributed by atoms with E-state index in [0.717, 1.165) is 32.3 Å². The van der Waals surface area contributed by atoms with Crippen LogP contribution >= 0.6 is 28.1 Å². The molecule has 1 amide bonds. The molecule has 0 aliphatic heterocycles. The van der Waals surface area contributed by atoms with Gasteiger partial charge in [-0.05, 0) is 53.3 Å². The maximum atomic E-state index is 12.6. The van der Waals surface area contributed by atoms with Crippen LogP contribution in [0.5, 0.6) is 0 Å². The van der Waals surface area contributed by atoms with Gasteiger partial charge in [0.1, 0.15) is 11.5 Å².